The fraction of sp³-hybridized carbons (Fsp3) is 0.733. The van der Waals surface area contributed by atoms with Gasteiger partial charge in [0.1, 0.15) is 17.5 Å². The highest BCUT2D eigenvalue weighted by Crippen LogP contribution is 2.16. The number of hydrazine groups is 1. The van der Waals surface area contributed by atoms with Gasteiger partial charge in [-0.15, -0.1) is 0 Å². The summed E-state index contributed by atoms with van der Waals surface area (Å²) in [6.45, 7) is 7.34. The van der Waals surface area contributed by atoms with Crippen molar-refractivity contribution in [1.29, 1.82) is 0 Å². The molecule has 4 N–H and O–H groups in total. The molecule has 20 heavy (non-hydrogen) atoms. The lowest BCUT2D eigenvalue weighted by Gasteiger charge is -2.11. The summed E-state index contributed by atoms with van der Waals surface area (Å²) in [6.07, 6.45) is 7.77. The van der Waals surface area contributed by atoms with Gasteiger partial charge < -0.3 is 10.7 Å². The van der Waals surface area contributed by atoms with Crippen LogP contribution in [0.25, 0.3) is 0 Å². The number of nitrogens with zero attached hydrogens (tertiary/aromatic N) is 2. The van der Waals surface area contributed by atoms with Gasteiger partial charge in [-0.2, -0.15) is 0 Å². The number of nitrogens with two attached hydrogens (primary N) is 1. The lowest BCUT2D eigenvalue weighted by atomic mass is 10.1. The second-order valence-electron chi connectivity index (χ2n) is 5.49. The van der Waals surface area contributed by atoms with Gasteiger partial charge in [0, 0.05) is 18.5 Å². The second kappa shape index (κ2) is 9.53. The van der Waals surface area contributed by atoms with E-state index in [0.29, 0.717) is 5.82 Å². The molecule has 0 saturated heterocycles. The smallest absolute Gasteiger partial charge is 0.145 e. The highest BCUT2D eigenvalue weighted by Gasteiger charge is 2.07. The Morgan fingerprint density at radius 3 is 2.35 bits per heavy atom. The first-order valence-electron chi connectivity index (χ1n) is 7.76. The monoisotopic (exact) mass is 279 g/mol. The van der Waals surface area contributed by atoms with Crippen molar-refractivity contribution in [2.45, 2.75) is 65.2 Å². The first kappa shape index (κ1) is 16.7. The Bertz CT molecular complexity index is 379. The van der Waals surface area contributed by atoms with Crippen LogP contribution in [0.2, 0.25) is 0 Å². The lowest BCUT2D eigenvalue weighted by molar-refractivity contribution is 0.616. The Kier molecular flexibility index (Phi) is 7.95. The molecule has 0 fully saturated rings. The van der Waals surface area contributed by atoms with E-state index in [1.165, 1.54) is 38.5 Å². The van der Waals surface area contributed by atoms with Gasteiger partial charge in [-0.25, -0.2) is 15.8 Å². The van der Waals surface area contributed by atoms with Gasteiger partial charge in [0.25, 0.3) is 0 Å². The van der Waals surface area contributed by atoms with Gasteiger partial charge in [-0.3, -0.25) is 0 Å². The van der Waals surface area contributed by atoms with E-state index in [1.54, 1.807) is 0 Å². The van der Waals surface area contributed by atoms with Crippen LogP contribution in [0.3, 0.4) is 0 Å². The zero-order chi connectivity index (χ0) is 14.8. The van der Waals surface area contributed by atoms with Gasteiger partial charge in [0.2, 0.25) is 0 Å². The van der Waals surface area contributed by atoms with Crippen molar-refractivity contribution in [3.05, 3.63) is 11.9 Å². The Balaban J connectivity index is 2.37. The first-order chi connectivity index (χ1) is 9.67. The molecule has 1 heterocycles. The van der Waals surface area contributed by atoms with E-state index in [1.807, 2.05) is 6.07 Å². The molecule has 5 nitrogen and oxygen atoms in total. The molecule has 1 aromatic heterocycles. The zero-order valence-electron chi connectivity index (χ0n) is 13.1. The molecule has 0 radical (unpaired) electrons. The predicted octanol–water partition coefficient (Wildman–Crippen LogP) is 3.66. The normalized spacial score (nSPS) is 10.8. The fourth-order valence-electron chi connectivity index (χ4n) is 2.01. The maximum absolute atomic E-state index is 5.44. The maximum atomic E-state index is 5.44. The van der Waals surface area contributed by atoms with Crippen LogP contribution in [0.1, 0.15) is 71.0 Å². The Labute approximate surface area is 122 Å². The molecule has 0 amide bonds. The van der Waals surface area contributed by atoms with Crippen LogP contribution >= 0.6 is 0 Å². The molecule has 0 saturated carbocycles. The van der Waals surface area contributed by atoms with Crippen LogP contribution in [-0.2, 0) is 0 Å². The standard InChI is InChI=1S/C15H29N5/c1-4-5-6-7-8-9-10-17-13-11-14(20-16)19-15(18-13)12(2)3/h11-12H,4-10,16H2,1-3H3,(H2,17,18,19,20). The number of nitrogen functional groups attached to an aromatic ring is 1. The molecule has 1 aromatic rings. The van der Waals surface area contributed by atoms with E-state index in [9.17, 15) is 0 Å². The van der Waals surface area contributed by atoms with Gasteiger partial charge >= 0.3 is 0 Å². The third kappa shape index (κ3) is 6.19. The van der Waals surface area contributed by atoms with Crippen molar-refractivity contribution in [1.82, 2.24) is 9.97 Å². The second-order valence-corrected chi connectivity index (χ2v) is 5.49. The van der Waals surface area contributed by atoms with Crippen molar-refractivity contribution < 1.29 is 0 Å². The molecule has 114 valence electrons. The summed E-state index contributed by atoms with van der Waals surface area (Å²) in [5, 5.41) is 3.36. The molecule has 0 bridgehead atoms. The Hall–Kier alpha value is -1.36. The van der Waals surface area contributed by atoms with Crippen LogP contribution in [0.5, 0.6) is 0 Å². The van der Waals surface area contributed by atoms with Crippen LogP contribution in [-0.4, -0.2) is 16.5 Å². The summed E-state index contributed by atoms with van der Waals surface area (Å²) >= 11 is 0. The summed E-state index contributed by atoms with van der Waals surface area (Å²) in [6, 6.07) is 1.85. The molecule has 0 spiro atoms. The summed E-state index contributed by atoms with van der Waals surface area (Å²) < 4.78 is 0. The van der Waals surface area contributed by atoms with Crippen molar-refractivity contribution in [2.24, 2.45) is 5.84 Å². The van der Waals surface area contributed by atoms with Gasteiger partial charge in [-0.1, -0.05) is 52.9 Å². The number of aromatic nitrogens is 2. The predicted molar refractivity (Wildman–Crippen MR) is 85.8 cm³/mol. The van der Waals surface area contributed by atoms with E-state index in [4.69, 9.17) is 5.84 Å². The largest absolute Gasteiger partial charge is 0.370 e. The van der Waals surface area contributed by atoms with E-state index in [2.05, 4.69) is 41.5 Å². The molecule has 5 heteroatoms. The number of unbranched alkanes of at least 4 members (excludes halogenated alkanes) is 5. The minimum Gasteiger partial charge on any atom is -0.370 e. The van der Waals surface area contributed by atoms with E-state index in [0.717, 1.165) is 18.2 Å². The number of anilines is 2. The zero-order valence-corrected chi connectivity index (χ0v) is 13.1. The van der Waals surface area contributed by atoms with E-state index in [-0.39, 0.29) is 5.92 Å². The van der Waals surface area contributed by atoms with Crippen molar-refractivity contribution in [3.63, 3.8) is 0 Å². The summed E-state index contributed by atoms with van der Waals surface area (Å²) in [5.41, 5.74) is 2.60. The Morgan fingerprint density at radius 2 is 1.70 bits per heavy atom. The van der Waals surface area contributed by atoms with Crippen LogP contribution in [0, 0.1) is 0 Å². The third-order valence-electron chi connectivity index (χ3n) is 3.24. The van der Waals surface area contributed by atoms with Crippen LogP contribution in [0.15, 0.2) is 6.07 Å². The maximum Gasteiger partial charge on any atom is 0.145 e. The highest BCUT2D eigenvalue weighted by molar-refractivity contribution is 5.47. The van der Waals surface area contributed by atoms with Gasteiger partial charge in [0.15, 0.2) is 0 Å². The van der Waals surface area contributed by atoms with Crippen LogP contribution < -0.4 is 16.6 Å². The molecule has 0 aliphatic rings. The molecule has 0 atom stereocenters. The number of rotatable bonds is 10. The fourth-order valence-corrected chi connectivity index (χ4v) is 2.01. The summed E-state index contributed by atoms with van der Waals surface area (Å²) in [4.78, 5) is 8.85. The first-order valence-corrected chi connectivity index (χ1v) is 7.76. The quantitative estimate of drug-likeness (QED) is 0.346. The molecule has 1 rings (SSSR count). The molecular weight excluding hydrogens is 250 g/mol. The molecule has 0 unspecified atom stereocenters. The van der Waals surface area contributed by atoms with Gasteiger partial charge in [0.05, 0.1) is 0 Å². The average molecular weight is 279 g/mol. The third-order valence-corrected chi connectivity index (χ3v) is 3.24. The van der Waals surface area contributed by atoms with Crippen LogP contribution in [0.4, 0.5) is 11.6 Å². The Morgan fingerprint density at radius 1 is 1.05 bits per heavy atom. The van der Waals surface area contributed by atoms with Crippen molar-refractivity contribution in [3.8, 4) is 0 Å². The molecule has 0 aliphatic carbocycles. The van der Waals surface area contributed by atoms with E-state index < -0.39 is 0 Å². The van der Waals surface area contributed by atoms with E-state index >= 15 is 0 Å². The molecule has 0 aliphatic heterocycles. The molecule has 0 aromatic carbocycles. The average Bonchev–Trinajstić information content (AvgIpc) is 2.46. The number of hydrogen-bond acceptors (Lipinski definition) is 5. The lowest BCUT2D eigenvalue weighted by Crippen LogP contribution is -2.13. The van der Waals surface area contributed by atoms with Crippen molar-refractivity contribution in [2.75, 3.05) is 17.3 Å². The summed E-state index contributed by atoms with van der Waals surface area (Å²) in [7, 11) is 0. The van der Waals surface area contributed by atoms with Crippen molar-refractivity contribution >= 4 is 11.6 Å². The number of hydrogen-bond donors (Lipinski definition) is 3. The minimum atomic E-state index is 0.290. The minimum absolute atomic E-state index is 0.290. The molecular formula is C15H29N5. The number of nitrogens with one attached hydrogen (secondary N) is 2. The summed E-state index contributed by atoms with van der Waals surface area (Å²) in [5.74, 6) is 8.06. The SMILES string of the molecule is CCCCCCCCNc1cc(NN)nc(C(C)C)n1. The topological polar surface area (TPSA) is 75.9 Å². The van der Waals surface area contributed by atoms with Gasteiger partial charge in [-0.05, 0) is 6.42 Å². The highest BCUT2D eigenvalue weighted by atomic mass is 15.3.